The van der Waals surface area contributed by atoms with Gasteiger partial charge in [0.05, 0.1) is 17.8 Å². The second-order valence-electron chi connectivity index (χ2n) is 4.37. The summed E-state index contributed by atoms with van der Waals surface area (Å²) in [5.74, 6) is -1.00. The van der Waals surface area contributed by atoms with Crippen LogP contribution in [-0.2, 0) is 11.3 Å². The first-order valence-corrected chi connectivity index (χ1v) is 6.99. The van der Waals surface area contributed by atoms with E-state index in [1.807, 2.05) is 0 Å². The second-order valence-corrected chi connectivity index (χ2v) is 5.67. The molecule has 0 aliphatic carbocycles. The van der Waals surface area contributed by atoms with Crippen LogP contribution in [-0.4, -0.2) is 16.7 Å². The maximum Gasteiger partial charge on any atom is 0.299 e. The van der Waals surface area contributed by atoms with Crippen molar-refractivity contribution in [2.45, 2.75) is 6.54 Å². The van der Waals surface area contributed by atoms with Gasteiger partial charge in [-0.3, -0.25) is 9.59 Å². The summed E-state index contributed by atoms with van der Waals surface area (Å²) in [7, 11) is 0. The Morgan fingerprint density at radius 2 is 2.00 bits per heavy atom. The van der Waals surface area contributed by atoms with Crippen LogP contribution in [0.25, 0.3) is 0 Å². The van der Waals surface area contributed by atoms with E-state index < -0.39 is 11.7 Å². The number of fused-ring (bicyclic) bond motifs is 1. The van der Waals surface area contributed by atoms with Crippen molar-refractivity contribution in [2.24, 2.45) is 0 Å². The molecule has 4 nitrogen and oxygen atoms in total. The summed E-state index contributed by atoms with van der Waals surface area (Å²) in [6.45, 7) is 0.295. The summed E-state index contributed by atoms with van der Waals surface area (Å²) < 4.78 is 0.771. The van der Waals surface area contributed by atoms with Gasteiger partial charge < -0.3 is 4.90 Å². The Labute approximate surface area is 128 Å². The van der Waals surface area contributed by atoms with Gasteiger partial charge in [-0.1, -0.05) is 33.6 Å². The van der Waals surface area contributed by atoms with E-state index in [4.69, 9.17) is 11.6 Å². The molecule has 6 heteroatoms. The molecule has 0 bridgehead atoms. The molecule has 1 amide bonds. The maximum atomic E-state index is 12.1. The van der Waals surface area contributed by atoms with Crippen molar-refractivity contribution in [3.63, 3.8) is 0 Å². The highest BCUT2D eigenvalue weighted by Gasteiger charge is 2.35. The number of Topliss-reactive ketones (excluding diaryl/α,β-unsaturated/α-hetero) is 1. The van der Waals surface area contributed by atoms with Crippen LogP contribution in [0.5, 0.6) is 0 Å². The predicted octanol–water partition coefficient (Wildman–Crippen LogP) is 3.23. The number of carbonyl (C=O) groups excluding carboxylic acids is 2. The molecule has 20 heavy (non-hydrogen) atoms. The van der Waals surface area contributed by atoms with Gasteiger partial charge in [0.1, 0.15) is 5.15 Å². The van der Waals surface area contributed by atoms with Crippen LogP contribution in [0.1, 0.15) is 15.9 Å². The van der Waals surface area contributed by atoms with E-state index in [9.17, 15) is 9.59 Å². The van der Waals surface area contributed by atoms with Crippen LogP contribution in [0.3, 0.4) is 0 Å². The van der Waals surface area contributed by atoms with Gasteiger partial charge in [0.25, 0.3) is 11.7 Å². The number of aromatic nitrogens is 1. The van der Waals surface area contributed by atoms with E-state index in [0.29, 0.717) is 22.9 Å². The largest absolute Gasteiger partial charge is 0.300 e. The van der Waals surface area contributed by atoms with E-state index in [-0.39, 0.29) is 0 Å². The van der Waals surface area contributed by atoms with Crippen LogP contribution in [0.2, 0.25) is 5.15 Å². The van der Waals surface area contributed by atoms with Gasteiger partial charge in [-0.05, 0) is 29.8 Å². The first-order chi connectivity index (χ1) is 9.56. The molecule has 1 aliphatic heterocycles. The molecular formula is C14H8BrClN2O2. The molecular weight excluding hydrogens is 344 g/mol. The zero-order valence-corrected chi connectivity index (χ0v) is 12.5. The van der Waals surface area contributed by atoms with E-state index in [1.54, 1.807) is 36.5 Å². The molecule has 0 N–H and O–H groups in total. The summed E-state index contributed by atoms with van der Waals surface area (Å²) in [5.41, 5.74) is 1.86. The van der Waals surface area contributed by atoms with Gasteiger partial charge in [0.2, 0.25) is 0 Å². The van der Waals surface area contributed by atoms with Crippen molar-refractivity contribution in [1.29, 1.82) is 0 Å². The molecule has 100 valence electrons. The van der Waals surface area contributed by atoms with Gasteiger partial charge in [-0.15, -0.1) is 0 Å². The average molecular weight is 352 g/mol. The molecule has 0 radical (unpaired) electrons. The molecule has 2 aromatic rings. The molecule has 1 aliphatic rings. The molecule has 0 unspecified atom stereocenters. The number of ketones is 1. The lowest BCUT2D eigenvalue weighted by molar-refractivity contribution is -0.114. The van der Waals surface area contributed by atoms with Crippen molar-refractivity contribution >= 4 is 44.9 Å². The Morgan fingerprint density at radius 1 is 1.20 bits per heavy atom. The number of anilines is 1. The van der Waals surface area contributed by atoms with Crippen LogP contribution >= 0.6 is 27.5 Å². The Hall–Kier alpha value is -1.72. The molecule has 0 spiro atoms. The highest BCUT2D eigenvalue weighted by molar-refractivity contribution is 9.10. The van der Waals surface area contributed by atoms with Crippen LogP contribution in [0.15, 0.2) is 41.0 Å². The number of halogens is 2. The molecule has 0 saturated heterocycles. The minimum absolute atomic E-state index is 0.295. The minimum Gasteiger partial charge on any atom is -0.300 e. The predicted molar refractivity (Wildman–Crippen MR) is 78.9 cm³/mol. The van der Waals surface area contributed by atoms with Crippen LogP contribution in [0.4, 0.5) is 5.69 Å². The number of hydrogen-bond acceptors (Lipinski definition) is 3. The van der Waals surface area contributed by atoms with Gasteiger partial charge in [-0.2, -0.15) is 0 Å². The smallest absolute Gasteiger partial charge is 0.299 e. The molecule has 1 aromatic carbocycles. The Bertz CT molecular complexity index is 716. The first-order valence-electron chi connectivity index (χ1n) is 5.82. The topological polar surface area (TPSA) is 50.3 Å². The number of pyridine rings is 1. The molecule has 3 rings (SSSR count). The fraction of sp³-hybridized carbons (Fsp3) is 0.0714. The van der Waals surface area contributed by atoms with Crippen molar-refractivity contribution in [3.05, 3.63) is 57.3 Å². The van der Waals surface area contributed by atoms with E-state index in [1.165, 1.54) is 4.90 Å². The first kappa shape index (κ1) is 13.3. The van der Waals surface area contributed by atoms with Crippen molar-refractivity contribution in [2.75, 3.05) is 4.90 Å². The van der Waals surface area contributed by atoms with Gasteiger partial charge in [0, 0.05) is 10.7 Å². The van der Waals surface area contributed by atoms with Crippen LogP contribution in [0, 0.1) is 0 Å². The fourth-order valence-corrected chi connectivity index (χ4v) is 2.59. The third kappa shape index (κ3) is 2.23. The van der Waals surface area contributed by atoms with Gasteiger partial charge in [0.15, 0.2) is 0 Å². The summed E-state index contributed by atoms with van der Waals surface area (Å²) in [5, 5.41) is 0.391. The minimum atomic E-state index is -0.520. The quantitative estimate of drug-likeness (QED) is 0.616. The Balaban J connectivity index is 1.97. The number of hydrogen-bond donors (Lipinski definition) is 0. The summed E-state index contributed by atoms with van der Waals surface area (Å²) >= 11 is 9.03. The third-order valence-electron chi connectivity index (χ3n) is 3.06. The van der Waals surface area contributed by atoms with Crippen molar-refractivity contribution in [1.82, 2.24) is 4.98 Å². The zero-order chi connectivity index (χ0) is 14.3. The number of nitrogens with zero attached hydrogens (tertiary/aromatic N) is 2. The van der Waals surface area contributed by atoms with Crippen molar-refractivity contribution in [3.8, 4) is 0 Å². The van der Waals surface area contributed by atoms with Crippen molar-refractivity contribution < 1.29 is 9.59 Å². The number of amides is 1. The fourth-order valence-electron chi connectivity index (χ4n) is 2.11. The normalized spacial score (nSPS) is 13.8. The highest BCUT2D eigenvalue weighted by Crippen LogP contribution is 2.32. The summed E-state index contributed by atoms with van der Waals surface area (Å²) in [4.78, 5) is 29.4. The van der Waals surface area contributed by atoms with E-state index in [0.717, 1.165) is 10.0 Å². The Morgan fingerprint density at radius 3 is 2.70 bits per heavy atom. The number of benzene rings is 1. The maximum absolute atomic E-state index is 12.1. The van der Waals surface area contributed by atoms with Gasteiger partial charge in [-0.25, -0.2) is 4.98 Å². The molecule has 0 fully saturated rings. The summed E-state index contributed by atoms with van der Waals surface area (Å²) in [6.07, 6.45) is 1.59. The van der Waals surface area contributed by atoms with Crippen LogP contribution < -0.4 is 4.90 Å². The lowest BCUT2D eigenvalue weighted by Gasteiger charge is -2.16. The number of carbonyl (C=O) groups is 2. The SMILES string of the molecule is O=C1C(=O)N(Cc2ccc(Cl)nc2)c2ccc(Br)cc21. The standard InChI is InChI=1S/C14H8BrClN2O2/c15-9-2-3-11-10(5-9)13(19)14(20)18(11)7-8-1-4-12(16)17-6-8/h1-6H,7H2. The molecule has 0 saturated carbocycles. The molecule has 2 heterocycles. The monoisotopic (exact) mass is 350 g/mol. The lowest BCUT2D eigenvalue weighted by Crippen LogP contribution is -2.29. The molecule has 0 atom stereocenters. The van der Waals surface area contributed by atoms with E-state index >= 15 is 0 Å². The lowest BCUT2D eigenvalue weighted by atomic mass is 10.1. The zero-order valence-electron chi connectivity index (χ0n) is 10.1. The average Bonchev–Trinajstić information content (AvgIpc) is 2.66. The second kappa shape index (κ2) is 5.00. The summed E-state index contributed by atoms with van der Waals surface area (Å²) in [6, 6.07) is 8.66. The van der Waals surface area contributed by atoms with E-state index in [2.05, 4.69) is 20.9 Å². The molecule has 1 aromatic heterocycles. The highest BCUT2D eigenvalue weighted by atomic mass is 79.9. The Kier molecular flexibility index (Phi) is 3.31. The van der Waals surface area contributed by atoms with Gasteiger partial charge >= 0.3 is 0 Å². The number of rotatable bonds is 2. The third-order valence-corrected chi connectivity index (χ3v) is 3.78.